The summed E-state index contributed by atoms with van der Waals surface area (Å²) in [5.41, 5.74) is 1.67. The Hall–Kier alpha value is -1.49. The van der Waals surface area contributed by atoms with Gasteiger partial charge in [0.2, 0.25) is 0 Å². The number of hydrogen-bond donors (Lipinski definition) is 3. The van der Waals surface area contributed by atoms with Crippen LogP contribution in [-0.2, 0) is 5.92 Å². The van der Waals surface area contributed by atoms with Crippen molar-refractivity contribution in [2.24, 2.45) is 0 Å². The summed E-state index contributed by atoms with van der Waals surface area (Å²) in [6.07, 6.45) is -6.47. The fourth-order valence-corrected chi connectivity index (χ4v) is 1.37. The van der Waals surface area contributed by atoms with Gasteiger partial charge in [0.25, 0.3) is 0 Å². The summed E-state index contributed by atoms with van der Waals surface area (Å²) in [7, 11) is -2.14. The minimum atomic E-state index is -6.47. The van der Waals surface area contributed by atoms with Crippen LogP contribution >= 0.6 is 0 Å². The van der Waals surface area contributed by atoms with Crippen LogP contribution in [0.15, 0.2) is 18.2 Å². The smallest absolute Gasteiger partial charge is 0.423 e. The monoisotopic (exact) mass is 305 g/mol. The van der Waals surface area contributed by atoms with Crippen molar-refractivity contribution in [1.29, 1.82) is 0 Å². The fraction of sp³-hybridized carbons (Fsp3) is 0.333. The minimum absolute atomic E-state index is 0.184. The molecule has 0 atom stereocenters. The molecule has 3 nitrogen and oxygen atoms in total. The van der Waals surface area contributed by atoms with E-state index in [1.165, 1.54) is 0 Å². The average Bonchev–Trinajstić information content (AvgIpc) is 2.26. The van der Waals surface area contributed by atoms with Crippen LogP contribution in [0.2, 0.25) is 0 Å². The number of halogens is 7. The van der Waals surface area contributed by atoms with Gasteiger partial charge in [-0.05, 0) is 11.5 Å². The Morgan fingerprint density at radius 3 is 1.80 bits per heavy atom. The highest BCUT2D eigenvalue weighted by Crippen LogP contribution is 2.52. The van der Waals surface area contributed by atoms with Crippen molar-refractivity contribution in [2.75, 3.05) is 5.73 Å². The Morgan fingerprint density at radius 1 is 0.950 bits per heavy atom. The van der Waals surface area contributed by atoms with Gasteiger partial charge >= 0.3 is 25.1 Å². The molecular weight excluding hydrogens is 298 g/mol. The summed E-state index contributed by atoms with van der Waals surface area (Å²) in [4.78, 5) is 0. The molecule has 0 fully saturated rings. The molecule has 0 radical (unpaired) electrons. The number of nitrogens with two attached hydrogens (primary N) is 1. The first-order valence-electron chi connectivity index (χ1n) is 4.90. The summed E-state index contributed by atoms with van der Waals surface area (Å²) in [5.74, 6) is -11.9. The van der Waals surface area contributed by atoms with Gasteiger partial charge in [-0.25, -0.2) is 0 Å². The van der Waals surface area contributed by atoms with Gasteiger partial charge < -0.3 is 15.8 Å². The third-order valence-electron chi connectivity index (χ3n) is 2.46. The molecule has 1 aromatic rings. The molecule has 0 aliphatic rings. The van der Waals surface area contributed by atoms with Gasteiger partial charge in [-0.2, -0.15) is 30.7 Å². The second-order valence-electron chi connectivity index (χ2n) is 3.87. The highest BCUT2D eigenvalue weighted by molar-refractivity contribution is 6.58. The number of anilines is 1. The van der Waals surface area contributed by atoms with Gasteiger partial charge in [-0.15, -0.1) is 0 Å². The van der Waals surface area contributed by atoms with Crippen molar-refractivity contribution in [2.45, 2.75) is 18.0 Å². The van der Waals surface area contributed by atoms with E-state index in [-0.39, 0.29) is 6.07 Å². The number of rotatable bonds is 3. The summed E-state index contributed by atoms with van der Waals surface area (Å²) < 4.78 is 88.3. The SMILES string of the molecule is Nc1cc(B(O)O)ccc1C(F)(F)C(F)(F)C(F)(F)F. The second-order valence-corrected chi connectivity index (χ2v) is 3.87. The molecule has 0 aliphatic heterocycles. The third kappa shape index (κ3) is 2.55. The standard InChI is InChI=1S/C9H7BF7NO2/c11-7(12,8(13,14)9(15,16)17)5-2-1-4(10(19)20)3-6(5)18/h1-3,19-20H,18H2. The summed E-state index contributed by atoms with van der Waals surface area (Å²) in [6.45, 7) is 0. The molecule has 4 N–H and O–H groups in total. The zero-order valence-corrected chi connectivity index (χ0v) is 9.43. The maximum absolute atomic E-state index is 13.3. The first-order valence-corrected chi connectivity index (χ1v) is 4.90. The normalized spacial score (nSPS) is 13.4. The number of hydrogen-bond acceptors (Lipinski definition) is 3. The second kappa shape index (κ2) is 4.81. The summed E-state index contributed by atoms with van der Waals surface area (Å²) in [6, 6.07) is 1.21. The molecule has 0 amide bonds. The van der Waals surface area contributed by atoms with Crippen molar-refractivity contribution in [3.8, 4) is 0 Å². The molecule has 0 spiro atoms. The van der Waals surface area contributed by atoms with Crippen LogP contribution in [0.25, 0.3) is 0 Å². The van der Waals surface area contributed by atoms with Crippen LogP contribution in [-0.4, -0.2) is 29.3 Å². The molecule has 0 bridgehead atoms. The molecule has 0 saturated carbocycles. The maximum Gasteiger partial charge on any atom is 0.488 e. The van der Waals surface area contributed by atoms with E-state index in [4.69, 9.17) is 15.8 Å². The van der Waals surface area contributed by atoms with E-state index in [2.05, 4.69) is 0 Å². The predicted octanol–water partition coefficient (Wildman–Crippen LogP) is 1.24. The van der Waals surface area contributed by atoms with Crippen molar-refractivity contribution < 1.29 is 40.8 Å². The van der Waals surface area contributed by atoms with E-state index in [0.29, 0.717) is 12.1 Å². The maximum atomic E-state index is 13.3. The zero-order valence-electron chi connectivity index (χ0n) is 9.43. The summed E-state index contributed by atoms with van der Waals surface area (Å²) >= 11 is 0. The number of alkyl halides is 7. The first kappa shape index (κ1) is 16.6. The molecule has 0 aromatic heterocycles. The molecule has 20 heavy (non-hydrogen) atoms. The van der Waals surface area contributed by atoms with E-state index in [0.717, 1.165) is 0 Å². The lowest BCUT2D eigenvalue weighted by molar-refractivity contribution is -0.359. The topological polar surface area (TPSA) is 66.5 Å². The minimum Gasteiger partial charge on any atom is -0.423 e. The van der Waals surface area contributed by atoms with Crippen LogP contribution in [0.1, 0.15) is 5.56 Å². The lowest BCUT2D eigenvalue weighted by atomic mass is 9.79. The van der Waals surface area contributed by atoms with E-state index in [1.54, 1.807) is 0 Å². The zero-order chi connectivity index (χ0) is 15.9. The van der Waals surface area contributed by atoms with Crippen LogP contribution < -0.4 is 11.2 Å². The molecule has 0 heterocycles. The van der Waals surface area contributed by atoms with E-state index in [1.807, 2.05) is 0 Å². The van der Waals surface area contributed by atoms with Gasteiger partial charge in [0.05, 0.1) is 5.56 Å². The van der Waals surface area contributed by atoms with Crippen LogP contribution in [0, 0.1) is 0 Å². The van der Waals surface area contributed by atoms with Crippen LogP contribution in [0.4, 0.5) is 36.4 Å². The Kier molecular flexibility index (Phi) is 3.98. The first-order chi connectivity index (χ1) is 8.82. The molecule has 0 unspecified atom stereocenters. The van der Waals surface area contributed by atoms with Gasteiger partial charge in [-0.1, -0.05) is 12.1 Å². The highest BCUT2D eigenvalue weighted by atomic mass is 19.4. The van der Waals surface area contributed by atoms with Gasteiger partial charge in [0, 0.05) is 5.69 Å². The largest absolute Gasteiger partial charge is 0.488 e. The van der Waals surface area contributed by atoms with E-state index >= 15 is 0 Å². The van der Waals surface area contributed by atoms with Gasteiger partial charge in [-0.3, -0.25) is 0 Å². The van der Waals surface area contributed by atoms with Crippen molar-refractivity contribution in [3.63, 3.8) is 0 Å². The summed E-state index contributed by atoms with van der Waals surface area (Å²) in [5, 5.41) is 17.4. The molecule has 112 valence electrons. The van der Waals surface area contributed by atoms with E-state index in [9.17, 15) is 30.7 Å². The van der Waals surface area contributed by atoms with Crippen molar-refractivity contribution >= 4 is 18.3 Å². The molecule has 0 aliphatic carbocycles. The lowest BCUT2D eigenvalue weighted by Crippen LogP contribution is -2.50. The molecule has 1 rings (SSSR count). The number of nitrogen functional groups attached to an aromatic ring is 1. The quantitative estimate of drug-likeness (QED) is 0.447. The Labute approximate surface area is 108 Å². The van der Waals surface area contributed by atoms with Crippen molar-refractivity contribution in [3.05, 3.63) is 23.8 Å². The molecular formula is C9H7BF7NO2. The fourth-order valence-electron chi connectivity index (χ4n) is 1.37. The van der Waals surface area contributed by atoms with Crippen LogP contribution in [0.5, 0.6) is 0 Å². The molecule has 0 saturated heterocycles. The van der Waals surface area contributed by atoms with Gasteiger partial charge in [0.15, 0.2) is 0 Å². The van der Waals surface area contributed by atoms with Crippen LogP contribution in [0.3, 0.4) is 0 Å². The average molecular weight is 305 g/mol. The van der Waals surface area contributed by atoms with E-state index < -0.39 is 41.9 Å². The number of benzene rings is 1. The van der Waals surface area contributed by atoms with Gasteiger partial charge in [0.1, 0.15) is 0 Å². The molecule has 1 aromatic carbocycles. The molecule has 11 heteroatoms. The van der Waals surface area contributed by atoms with Crippen molar-refractivity contribution in [1.82, 2.24) is 0 Å². The lowest BCUT2D eigenvalue weighted by Gasteiger charge is -2.29. The Balaban J connectivity index is 3.36. The third-order valence-corrected chi connectivity index (χ3v) is 2.46. The Bertz CT molecular complexity index is 504. The Morgan fingerprint density at radius 2 is 1.45 bits per heavy atom. The highest BCUT2D eigenvalue weighted by Gasteiger charge is 2.73. The predicted molar refractivity (Wildman–Crippen MR) is 55.6 cm³/mol.